The van der Waals surface area contributed by atoms with Gasteiger partial charge >= 0.3 is 0 Å². The second-order valence-corrected chi connectivity index (χ2v) is 10.6. The topological polar surface area (TPSA) is 18.5 Å². The maximum Gasteiger partial charge on any atom is 0.170 e. The van der Waals surface area contributed by atoms with Gasteiger partial charge in [0.2, 0.25) is 0 Å². The van der Waals surface area contributed by atoms with Crippen molar-refractivity contribution >= 4 is 18.1 Å². The van der Waals surface area contributed by atoms with Gasteiger partial charge in [-0.25, -0.2) is 0 Å². The Morgan fingerprint density at radius 3 is 1.62 bits per heavy atom. The smallest absolute Gasteiger partial charge is 0.170 e. The van der Waals surface area contributed by atoms with Gasteiger partial charge in [0.05, 0.1) is 0 Å². The fraction of sp³-hybridized carbons (Fsp3) is 1.00. The quantitative estimate of drug-likeness (QED) is 0.684. The van der Waals surface area contributed by atoms with Gasteiger partial charge in [-0.05, 0) is 39.0 Å². The molecule has 96 valence electrons. The Morgan fingerprint density at radius 2 is 1.25 bits per heavy atom. The standard InChI is InChI=1S/C12H28O2Si2/c1-15(2)13-10-12(11-14-16(3)4)8-6-5-7-9-12/h15-16H,5-11H2,1-4H3. The first-order valence-corrected chi connectivity index (χ1v) is 12.3. The van der Waals surface area contributed by atoms with Gasteiger partial charge in [-0.3, -0.25) is 0 Å². The molecule has 0 unspecified atom stereocenters. The first-order chi connectivity index (χ1) is 7.54. The molecule has 16 heavy (non-hydrogen) atoms. The Hall–Kier alpha value is 0.354. The van der Waals surface area contributed by atoms with Crippen molar-refractivity contribution in [2.45, 2.75) is 58.3 Å². The maximum absolute atomic E-state index is 5.99. The summed E-state index contributed by atoms with van der Waals surface area (Å²) in [6, 6.07) is 0. The third-order valence-corrected chi connectivity index (χ3v) is 5.03. The first kappa shape index (κ1) is 14.4. The van der Waals surface area contributed by atoms with Crippen LogP contribution in [-0.2, 0) is 8.85 Å². The van der Waals surface area contributed by atoms with E-state index < -0.39 is 18.1 Å². The van der Waals surface area contributed by atoms with E-state index in [0.717, 1.165) is 13.2 Å². The van der Waals surface area contributed by atoms with Gasteiger partial charge in [0, 0.05) is 18.6 Å². The Kier molecular flexibility index (Phi) is 6.25. The molecule has 2 nitrogen and oxygen atoms in total. The normalized spacial score (nSPS) is 20.6. The average molecular weight is 261 g/mol. The lowest BCUT2D eigenvalue weighted by Crippen LogP contribution is -2.37. The van der Waals surface area contributed by atoms with Crippen molar-refractivity contribution in [3.8, 4) is 0 Å². The molecule has 0 radical (unpaired) electrons. The largest absolute Gasteiger partial charge is 0.420 e. The van der Waals surface area contributed by atoms with Gasteiger partial charge < -0.3 is 8.85 Å². The molecule has 0 saturated heterocycles. The summed E-state index contributed by atoms with van der Waals surface area (Å²) in [5, 5.41) is 0. The van der Waals surface area contributed by atoms with Crippen LogP contribution in [-0.4, -0.2) is 31.3 Å². The Bertz CT molecular complexity index is 175. The highest BCUT2D eigenvalue weighted by molar-refractivity contribution is 6.48. The van der Waals surface area contributed by atoms with Gasteiger partial charge in [0.25, 0.3) is 0 Å². The minimum atomic E-state index is -0.879. The van der Waals surface area contributed by atoms with E-state index in [1.54, 1.807) is 0 Å². The Morgan fingerprint density at radius 1 is 0.812 bits per heavy atom. The predicted molar refractivity (Wildman–Crippen MR) is 75.2 cm³/mol. The molecule has 0 bridgehead atoms. The van der Waals surface area contributed by atoms with E-state index in [9.17, 15) is 0 Å². The molecule has 1 aliphatic rings. The highest BCUT2D eigenvalue weighted by Crippen LogP contribution is 2.37. The molecule has 1 saturated carbocycles. The van der Waals surface area contributed by atoms with Crippen molar-refractivity contribution in [1.82, 2.24) is 0 Å². The molecular weight excluding hydrogens is 232 g/mol. The maximum atomic E-state index is 5.99. The van der Waals surface area contributed by atoms with Gasteiger partial charge in [-0.1, -0.05) is 19.3 Å². The molecule has 1 aliphatic carbocycles. The van der Waals surface area contributed by atoms with Crippen LogP contribution in [0.3, 0.4) is 0 Å². The van der Waals surface area contributed by atoms with Crippen LogP contribution >= 0.6 is 0 Å². The monoisotopic (exact) mass is 260 g/mol. The summed E-state index contributed by atoms with van der Waals surface area (Å²) in [6.07, 6.45) is 6.77. The summed E-state index contributed by atoms with van der Waals surface area (Å²) >= 11 is 0. The average Bonchev–Trinajstić information content (AvgIpc) is 2.25. The predicted octanol–water partition coefficient (Wildman–Crippen LogP) is 2.94. The lowest BCUT2D eigenvalue weighted by Gasteiger charge is -2.38. The van der Waals surface area contributed by atoms with Crippen LogP contribution in [0.5, 0.6) is 0 Å². The lowest BCUT2D eigenvalue weighted by atomic mass is 9.75. The minimum absolute atomic E-state index is 0.368. The second kappa shape index (κ2) is 6.94. The number of rotatable bonds is 6. The molecule has 1 rings (SSSR count). The fourth-order valence-electron chi connectivity index (χ4n) is 2.32. The summed E-state index contributed by atoms with van der Waals surface area (Å²) in [6.45, 7) is 10.9. The summed E-state index contributed by atoms with van der Waals surface area (Å²) in [5.74, 6) is 0. The minimum Gasteiger partial charge on any atom is -0.420 e. The van der Waals surface area contributed by atoms with Crippen LogP contribution in [0.1, 0.15) is 32.1 Å². The zero-order chi connectivity index (χ0) is 12.0. The van der Waals surface area contributed by atoms with Crippen molar-refractivity contribution in [3.63, 3.8) is 0 Å². The summed E-state index contributed by atoms with van der Waals surface area (Å²) in [7, 11) is -1.76. The van der Waals surface area contributed by atoms with Crippen molar-refractivity contribution in [2.24, 2.45) is 5.41 Å². The van der Waals surface area contributed by atoms with Gasteiger partial charge in [-0.15, -0.1) is 0 Å². The zero-order valence-corrected chi connectivity index (χ0v) is 13.7. The first-order valence-electron chi connectivity index (χ1n) is 6.77. The molecule has 0 aromatic rings. The van der Waals surface area contributed by atoms with Crippen molar-refractivity contribution in [3.05, 3.63) is 0 Å². The molecule has 0 aliphatic heterocycles. The second-order valence-electron chi connectivity index (χ2n) is 5.78. The van der Waals surface area contributed by atoms with Crippen molar-refractivity contribution in [1.29, 1.82) is 0 Å². The molecule has 1 fully saturated rings. The highest BCUT2D eigenvalue weighted by atomic mass is 28.3. The lowest BCUT2D eigenvalue weighted by molar-refractivity contribution is 0.0428. The van der Waals surface area contributed by atoms with E-state index >= 15 is 0 Å². The molecule has 0 N–H and O–H groups in total. The molecule has 0 spiro atoms. The highest BCUT2D eigenvalue weighted by Gasteiger charge is 2.33. The van der Waals surface area contributed by atoms with E-state index in [1.807, 2.05) is 0 Å². The molecule has 0 aromatic carbocycles. The van der Waals surface area contributed by atoms with Gasteiger partial charge in [0.15, 0.2) is 18.1 Å². The number of hydrogen-bond acceptors (Lipinski definition) is 2. The molecule has 0 heterocycles. The van der Waals surface area contributed by atoms with Crippen molar-refractivity contribution in [2.75, 3.05) is 13.2 Å². The molecular formula is C12H28O2Si2. The molecule has 4 heteroatoms. The van der Waals surface area contributed by atoms with Crippen LogP contribution < -0.4 is 0 Å². The van der Waals surface area contributed by atoms with E-state index in [2.05, 4.69) is 26.2 Å². The SMILES string of the molecule is C[SiH](C)OCC1(CO[SiH](C)C)CCCCC1. The van der Waals surface area contributed by atoms with Crippen LogP contribution in [0, 0.1) is 5.41 Å². The third kappa shape index (κ3) is 5.12. The van der Waals surface area contributed by atoms with Crippen LogP contribution in [0.2, 0.25) is 26.2 Å². The van der Waals surface area contributed by atoms with Crippen LogP contribution in [0.4, 0.5) is 0 Å². The summed E-state index contributed by atoms with van der Waals surface area (Å²) in [5.41, 5.74) is 0.368. The van der Waals surface area contributed by atoms with Crippen molar-refractivity contribution < 1.29 is 8.85 Å². The van der Waals surface area contributed by atoms with Crippen LogP contribution in [0.15, 0.2) is 0 Å². The van der Waals surface area contributed by atoms with Crippen LogP contribution in [0.25, 0.3) is 0 Å². The van der Waals surface area contributed by atoms with Gasteiger partial charge in [-0.2, -0.15) is 0 Å². The van der Waals surface area contributed by atoms with E-state index in [0.29, 0.717) is 5.41 Å². The Labute approximate surface area is 104 Å². The third-order valence-electron chi connectivity index (χ3n) is 3.36. The zero-order valence-electron chi connectivity index (χ0n) is 11.4. The fourth-order valence-corrected chi connectivity index (χ4v) is 3.69. The van der Waals surface area contributed by atoms with E-state index in [-0.39, 0.29) is 0 Å². The number of hydrogen-bond donors (Lipinski definition) is 0. The molecule has 0 aromatic heterocycles. The summed E-state index contributed by atoms with van der Waals surface area (Å²) in [4.78, 5) is 0. The van der Waals surface area contributed by atoms with E-state index in [4.69, 9.17) is 8.85 Å². The molecule has 0 atom stereocenters. The molecule has 0 amide bonds. The Balaban J connectivity index is 2.45. The summed E-state index contributed by atoms with van der Waals surface area (Å²) < 4.78 is 12.0. The van der Waals surface area contributed by atoms with E-state index in [1.165, 1.54) is 32.1 Å². The van der Waals surface area contributed by atoms with Gasteiger partial charge in [0.1, 0.15) is 0 Å².